The Bertz CT molecular complexity index is 788. The Morgan fingerprint density at radius 3 is 2.48 bits per heavy atom. The molecule has 144 valence electrons. The number of hydrogen-bond donors (Lipinski definition) is 1. The summed E-state index contributed by atoms with van der Waals surface area (Å²) in [5, 5.41) is 3.63. The molecule has 0 aromatic heterocycles. The lowest BCUT2D eigenvalue weighted by atomic mass is 10.0. The molecule has 0 saturated carbocycles. The maximum atomic E-state index is 11.5. The van der Waals surface area contributed by atoms with Crippen LogP contribution in [0.1, 0.15) is 30.1 Å². The summed E-state index contributed by atoms with van der Waals surface area (Å²) in [7, 11) is -0.843. The van der Waals surface area contributed by atoms with Gasteiger partial charge in [-0.25, -0.2) is 8.51 Å². The van der Waals surface area contributed by atoms with Gasteiger partial charge >= 0.3 is 0 Å². The molecule has 2 aliphatic rings. The highest BCUT2D eigenvalue weighted by atomic mass is 32.2. The number of ether oxygens (including phenoxy) is 2. The first-order valence-electron chi connectivity index (χ1n) is 9.48. The first-order valence-corrected chi connectivity index (χ1v) is 11.0. The van der Waals surface area contributed by atoms with Crippen LogP contribution in [0.3, 0.4) is 0 Å². The van der Waals surface area contributed by atoms with E-state index in [1.54, 1.807) is 6.26 Å². The Morgan fingerprint density at radius 1 is 1.07 bits per heavy atom. The van der Waals surface area contributed by atoms with Gasteiger partial charge in [0, 0.05) is 31.9 Å². The van der Waals surface area contributed by atoms with Gasteiger partial charge in [0.25, 0.3) is 0 Å². The van der Waals surface area contributed by atoms with Crippen molar-refractivity contribution >= 4 is 11.0 Å². The number of rotatable bonds is 5. The van der Waals surface area contributed by atoms with Crippen LogP contribution in [0.4, 0.5) is 0 Å². The molecule has 1 N–H and O–H groups in total. The molecular formula is C21H26N2O3S. The zero-order valence-electron chi connectivity index (χ0n) is 15.6. The summed E-state index contributed by atoms with van der Waals surface area (Å²) < 4.78 is 25.4. The molecule has 2 heterocycles. The third kappa shape index (κ3) is 4.51. The number of para-hydroxylation sites is 2. The summed E-state index contributed by atoms with van der Waals surface area (Å²) in [5.74, 6) is 1.62. The lowest BCUT2D eigenvalue weighted by molar-refractivity contribution is 0.0913. The summed E-state index contributed by atoms with van der Waals surface area (Å²) in [4.78, 5) is 0. The summed E-state index contributed by atoms with van der Waals surface area (Å²) >= 11 is 0. The number of nitrogens with zero attached hydrogens (tertiary/aromatic N) is 1. The van der Waals surface area contributed by atoms with Crippen LogP contribution in [-0.4, -0.2) is 40.5 Å². The summed E-state index contributed by atoms with van der Waals surface area (Å²) in [5.41, 5.74) is 2.39. The molecule has 6 heteroatoms. The maximum Gasteiger partial charge on any atom is 0.162 e. The van der Waals surface area contributed by atoms with Crippen molar-refractivity contribution in [2.24, 2.45) is 0 Å². The molecule has 5 nitrogen and oxygen atoms in total. The predicted molar refractivity (Wildman–Crippen MR) is 107 cm³/mol. The molecule has 1 fully saturated rings. The van der Waals surface area contributed by atoms with Crippen LogP contribution in [-0.2, 0) is 17.5 Å². The van der Waals surface area contributed by atoms with Crippen LogP contribution in [0.25, 0.3) is 0 Å². The average Bonchev–Trinajstić information content (AvgIpc) is 2.72. The molecule has 0 bridgehead atoms. The van der Waals surface area contributed by atoms with Gasteiger partial charge < -0.3 is 14.8 Å². The van der Waals surface area contributed by atoms with E-state index in [9.17, 15) is 4.21 Å². The molecule has 27 heavy (non-hydrogen) atoms. The lowest BCUT2D eigenvalue weighted by Gasteiger charge is -2.30. The van der Waals surface area contributed by atoms with Crippen LogP contribution < -0.4 is 14.8 Å². The van der Waals surface area contributed by atoms with E-state index in [0.29, 0.717) is 12.6 Å². The molecule has 2 aromatic rings. The van der Waals surface area contributed by atoms with Crippen LogP contribution >= 0.6 is 0 Å². The molecule has 0 aliphatic carbocycles. The number of piperidine rings is 1. The van der Waals surface area contributed by atoms with Gasteiger partial charge in [0.15, 0.2) is 17.6 Å². The minimum atomic E-state index is -0.843. The molecule has 2 aliphatic heterocycles. The number of hydrogen-bond acceptors (Lipinski definition) is 4. The highest BCUT2D eigenvalue weighted by molar-refractivity contribution is 7.81. The van der Waals surface area contributed by atoms with E-state index in [1.165, 1.54) is 5.56 Å². The van der Waals surface area contributed by atoms with E-state index >= 15 is 0 Å². The van der Waals surface area contributed by atoms with Gasteiger partial charge in [-0.1, -0.05) is 36.4 Å². The van der Waals surface area contributed by atoms with E-state index in [1.807, 2.05) is 28.6 Å². The molecule has 0 amide bonds. The van der Waals surface area contributed by atoms with Gasteiger partial charge in [0.05, 0.1) is 11.0 Å². The van der Waals surface area contributed by atoms with Crippen LogP contribution in [0.2, 0.25) is 0 Å². The Balaban J connectivity index is 1.29. The fraction of sp³-hybridized carbons (Fsp3) is 0.429. The van der Waals surface area contributed by atoms with Crippen LogP contribution in [0, 0.1) is 0 Å². The second-order valence-electron chi connectivity index (χ2n) is 7.11. The van der Waals surface area contributed by atoms with Crippen molar-refractivity contribution < 1.29 is 13.7 Å². The lowest BCUT2D eigenvalue weighted by Crippen LogP contribution is -2.42. The minimum absolute atomic E-state index is 0.0684. The smallest absolute Gasteiger partial charge is 0.162 e. The minimum Gasteiger partial charge on any atom is -0.485 e. The summed E-state index contributed by atoms with van der Waals surface area (Å²) in [6.07, 6.45) is 3.78. The second kappa shape index (κ2) is 8.42. The monoisotopic (exact) mass is 386 g/mol. The van der Waals surface area contributed by atoms with Crippen LogP contribution in [0.15, 0.2) is 48.5 Å². The van der Waals surface area contributed by atoms with E-state index in [-0.39, 0.29) is 6.10 Å². The average molecular weight is 387 g/mol. The van der Waals surface area contributed by atoms with E-state index < -0.39 is 11.0 Å². The van der Waals surface area contributed by atoms with Gasteiger partial charge in [-0.3, -0.25) is 0 Å². The van der Waals surface area contributed by atoms with E-state index in [4.69, 9.17) is 9.47 Å². The first-order chi connectivity index (χ1) is 13.2. The highest BCUT2D eigenvalue weighted by Gasteiger charge is 2.23. The Labute approximate surface area is 163 Å². The van der Waals surface area contributed by atoms with Crippen molar-refractivity contribution in [2.75, 3.05) is 26.0 Å². The second-order valence-corrected chi connectivity index (χ2v) is 8.48. The molecule has 0 radical (unpaired) electrons. The van der Waals surface area contributed by atoms with Gasteiger partial charge in [0.2, 0.25) is 0 Å². The highest BCUT2D eigenvalue weighted by Crippen LogP contribution is 2.35. The van der Waals surface area contributed by atoms with Gasteiger partial charge in [-0.05, 0) is 36.1 Å². The molecule has 4 rings (SSSR count). The molecular weight excluding hydrogens is 360 g/mol. The Morgan fingerprint density at radius 2 is 1.78 bits per heavy atom. The van der Waals surface area contributed by atoms with Crippen molar-refractivity contribution in [1.29, 1.82) is 0 Å². The fourth-order valence-electron chi connectivity index (χ4n) is 3.61. The number of nitrogens with one attached hydrogen (secondary N) is 1. The molecule has 2 atom stereocenters. The SMILES string of the molecule is CS(=O)N1CCC(NCc2ccc([C@H]3COc4ccccc4O3)cc2)CC1. The van der Waals surface area contributed by atoms with E-state index in [2.05, 4.69) is 29.6 Å². The third-order valence-electron chi connectivity index (χ3n) is 5.27. The van der Waals surface area contributed by atoms with Gasteiger partial charge in [0.1, 0.15) is 6.61 Å². The standard InChI is InChI=1S/C21H26N2O3S/c1-27(24)23-12-10-18(11-13-23)22-14-16-6-8-17(9-7-16)21-15-25-19-4-2-3-5-20(19)26-21/h2-9,18,21-22H,10-15H2,1H3/t21-,27?/m1/s1. The van der Waals surface area contributed by atoms with Crippen molar-refractivity contribution in [1.82, 2.24) is 9.62 Å². The zero-order chi connectivity index (χ0) is 18.6. The van der Waals surface area contributed by atoms with Crippen molar-refractivity contribution in [3.8, 4) is 11.5 Å². The Hall–Kier alpha value is -1.89. The van der Waals surface area contributed by atoms with Crippen LogP contribution in [0.5, 0.6) is 11.5 Å². The summed E-state index contributed by atoms with van der Waals surface area (Å²) in [6.45, 7) is 3.19. The van der Waals surface area contributed by atoms with Crippen molar-refractivity contribution in [2.45, 2.75) is 31.5 Å². The largest absolute Gasteiger partial charge is 0.485 e. The number of benzene rings is 2. The summed E-state index contributed by atoms with van der Waals surface area (Å²) in [6, 6.07) is 16.9. The number of fused-ring (bicyclic) bond motifs is 1. The molecule has 1 unspecified atom stereocenters. The molecule has 0 spiro atoms. The predicted octanol–water partition coefficient (Wildman–Crippen LogP) is 3.05. The maximum absolute atomic E-state index is 11.5. The first kappa shape index (κ1) is 18.5. The van der Waals surface area contributed by atoms with E-state index in [0.717, 1.165) is 49.5 Å². The van der Waals surface area contributed by atoms with Crippen molar-refractivity contribution in [3.63, 3.8) is 0 Å². The van der Waals surface area contributed by atoms with Crippen molar-refractivity contribution in [3.05, 3.63) is 59.7 Å². The molecule has 1 saturated heterocycles. The van der Waals surface area contributed by atoms with Gasteiger partial charge in [-0.2, -0.15) is 0 Å². The quantitative estimate of drug-likeness (QED) is 0.858. The topological polar surface area (TPSA) is 50.8 Å². The Kier molecular flexibility index (Phi) is 5.76. The van der Waals surface area contributed by atoms with Gasteiger partial charge in [-0.15, -0.1) is 0 Å². The fourth-order valence-corrected chi connectivity index (χ4v) is 4.34. The zero-order valence-corrected chi connectivity index (χ0v) is 16.4. The normalized spacial score (nSPS) is 21.7. The third-order valence-corrected chi connectivity index (χ3v) is 6.36. The molecule has 2 aromatic carbocycles.